The molecular weight excluding hydrogens is 390 g/mol. The minimum atomic E-state index is -0.784. The predicted octanol–water partition coefficient (Wildman–Crippen LogP) is 4.00. The van der Waals surface area contributed by atoms with E-state index < -0.39 is 17.5 Å². The van der Waals surface area contributed by atoms with Gasteiger partial charge in [0.25, 0.3) is 5.69 Å². The van der Waals surface area contributed by atoms with Crippen molar-refractivity contribution < 1.29 is 28.7 Å². The summed E-state index contributed by atoms with van der Waals surface area (Å²) in [7, 11) is 0. The van der Waals surface area contributed by atoms with E-state index in [1.54, 1.807) is 6.07 Å². The molecule has 2 aromatic rings. The fourth-order valence-corrected chi connectivity index (χ4v) is 3.16. The van der Waals surface area contributed by atoms with Gasteiger partial charge in [0.2, 0.25) is 12.6 Å². The molecule has 0 fully saturated rings. The molecule has 0 N–H and O–H groups in total. The van der Waals surface area contributed by atoms with Gasteiger partial charge in [-0.05, 0) is 68.2 Å². The van der Waals surface area contributed by atoms with Crippen molar-refractivity contribution >= 4 is 23.5 Å². The molecule has 1 heterocycles. The minimum Gasteiger partial charge on any atom is -0.454 e. The van der Waals surface area contributed by atoms with E-state index in [0.717, 1.165) is 28.3 Å². The molecule has 1 aliphatic rings. The van der Waals surface area contributed by atoms with Crippen LogP contribution in [0.5, 0.6) is 11.5 Å². The Balaban J connectivity index is 1.71. The van der Waals surface area contributed by atoms with Crippen LogP contribution in [0, 0.1) is 37.8 Å². The summed E-state index contributed by atoms with van der Waals surface area (Å²) in [5, 5.41) is 11.3. The average molecular weight is 411 g/mol. The fraction of sp³-hybridized carbons (Fsp3) is 0.273. The second-order valence-electron chi connectivity index (χ2n) is 7.00. The molecule has 2 aromatic carbocycles. The van der Waals surface area contributed by atoms with Crippen LogP contribution in [0.2, 0.25) is 0 Å². The molecule has 0 saturated heterocycles. The van der Waals surface area contributed by atoms with Crippen LogP contribution in [-0.2, 0) is 9.53 Å². The third-order valence-corrected chi connectivity index (χ3v) is 5.24. The van der Waals surface area contributed by atoms with Gasteiger partial charge in [0.15, 0.2) is 18.1 Å². The van der Waals surface area contributed by atoms with Gasteiger partial charge in [0.1, 0.15) is 0 Å². The molecule has 0 saturated carbocycles. The number of ether oxygens (including phenoxy) is 3. The summed E-state index contributed by atoms with van der Waals surface area (Å²) in [6.45, 7) is 7.27. The highest BCUT2D eigenvalue weighted by Gasteiger charge is 2.22. The molecule has 1 aliphatic heterocycles. The zero-order chi connectivity index (χ0) is 22.0. The number of hydrogen-bond acceptors (Lipinski definition) is 7. The van der Waals surface area contributed by atoms with Crippen molar-refractivity contribution in [3.63, 3.8) is 0 Å². The van der Waals surface area contributed by atoms with Crippen molar-refractivity contribution in [2.45, 2.75) is 27.7 Å². The standard InChI is InChI=1S/C22H21NO7/c1-12-7-17(15(4)14(3)13(12)2)19(24)10-28-22(25)6-5-16-8-20-21(30-11-29-20)9-18(16)23(26)27/h5-9H,10-11H2,1-4H3/b6-5+. The van der Waals surface area contributed by atoms with Crippen LogP contribution >= 0.6 is 0 Å². The highest BCUT2D eigenvalue weighted by atomic mass is 16.7. The summed E-state index contributed by atoms with van der Waals surface area (Å²) in [5.41, 5.74) is 4.43. The summed E-state index contributed by atoms with van der Waals surface area (Å²) in [4.78, 5) is 35.2. The molecule has 8 heteroatoms. The number of carbonyl (C=O) groups is 2. The summed E-state index contributed by atoms with van der Waals surface area (Å²) >= 11 is 0. The second kappa shape index (κ2) is 8.36. The summed E-state index contributed by atoms with van der Waals surface area (Å²) < 4.78 is 15.4. The van der Waals surface area contributed by atoms with E-state index in [1.807, 2.05) is 27.7 Å². The van der Waals surface area contributed by atoms with Crippen molar-refractivity contribution in [1.29, 1.82) is 0 Å². The van der Waals surface area contributed by atoms with Crippen molar-refractivity contribution in [3.8, 4) is 11.5 Å². The van der Waals surface area contributed by atoms with Gasteiger partial charge in [-0.2, -0.15) is 0 Å². The Kier molecular flexibility index (Phi) is 5.86. The topological polar surface area (TPSA) is 105 Å². The van der Waals surface area contributed by atoms with Gasteiger partial charge in [0, 0.05) is 11.6 Å². The van der Waals surface area contributed by atoms with Crippen LogP contribution in [0.4, 0.5) is 5.69 Å². The number of Topliss-reactive ketones (excluding diaryl/α,β-unsaturated/α-hetero) is 1. The van der Waals surface area contributed by atoms with E-state index in [4.69, 9.17) is 14.2 Å². The van der Waals surface area contributed by atoms with Crippen molar-refractivity contribution in [3.05, 3.63) is 67.8 Å². The maximum absolute atomic E-state index is 12.5. The van der Waals surface area contributed by atoms with E-state index in [0.29, 0.717) is 11.3 Å². The molecule has 0 atom stereocenters. The van der Waals surface area contributed by atoms with Gasteiger partial charge in [-0.3, -0.25) is 14.9 Å². The number of nitrogens with zero attached hydrogens (tertiary/aromatic N) is 1. The normalized spacial score (nSPS) is 12.3. The Morgan fingerprint density at radius 3 is 2.40 bits per heavy atom. The van der Waals surface area contributed by atoms with Gasteiger partial charge in [-0.15, -0.1) is 0 Å². The molecule has 156 valence electrons. The Morgan fingerprint density at radius 1 is 1.07 bits per heavy atom. The molecule has 0 radical (unpaired) electrons. The highest BCUT2D eigenvalue weighted by molar-refractivity contribution is 6.00. The molecule has 0 spiro atoms. The lowest BCUT2D eigenvalue weighted by atomic mass is 9.93. The zero-order valence-electron chi connectivity index (χ0n) is 17.1. The smallest absolute Gasteiger partial charge is 0.331 e. The number of nitro groups is 1. The molecule has 0 unspecified atom stereocenters. The van der Waals surface area contributed by atoms with Crippen LogP contribution in [0.3, 0.4) is 0 Å². The first-order chi connectivity index (χ1) is 14.2. The molecule has 0 amide bonds. The van der Waals surface area contributed by atoms with Crippen molar-refractivity contribution in [1.82, 2.24) is 0 Å². The zero-order valence-corrected chi connectivity index (χ0v) is 17.1. The predicted molar refractivity (Wildman–Crippen MR) is 109 cm³/mol. The van der Waals surface area contributed by atoms with Crippen LogP contribution in [0.1, 0.15) is 38.2 Å². The number of esters is 1. The number of fused-ring (bicyclic) bond motifs is 1. The van der Waals surface area contributed by atoms with Crippen LogP contribution in [-0.4, -0.2) is 30.1 Å². The summed E-state index contributed by atoms with van der Waals surface area (Å²) in [5.74, 6) is -0.474. The van der Waals surface area contributed by atoms with Gasteiger partial charge in [0.05, 0.1) is 16.6 Å². The van der Waals surface area contributed by atoms with E-state index >= 15 is 0 Å². The minimum absolute atomic E-state index is 0.0266. The van der Waals surface area contributed by atoms with Gasteiger partial charge >= 0.3 is 5.97 Å². The van der Waals surface area contributed by atoms with Crippen LogP contribution in [0.25, 0.3) is 6.08 Å². The molecule has 30 heavy (non-hydrogen) atoms. The molecule has 0 bridgehead atoms. The van der Waals surface area contributed by atoms with E-state index in [-0.39, 0.29) is 29.6 Å². The highest BCUT2D eigenvalue weighted by Crippen LogP contribution is 2.38. The average Bonchev–Trinajstić information content (AvgIpc) is 3.18. The summed E-state index contributed by atoms with van der Waals surface area (Å²) in [6.07, 6.45) is 2.29. The van der Waals surface area contributed by atoms with Gasteiger partial charge in [-0.25, -0.2) is 4.79 Å². The van der Waals surface area contributed by atoms with E-state index in [1.165, 1.54) is 18.2 Å². The van der Waals surface area contributed by atoms with Crippen LogP contribution < -0.4 is 9.47 Å². The first-order valence-corrected chi connectivity index (χ1v) is 9.22. The Hall–Kier alpha value is -3.68. The van der Waals surface area contributed by atoms with Gasteiger partial charge in [-0.1, -0.05) is 0 Å². The first kappa shape index (κ1) is 21.0. The van der Waals surface area contributed by atoms with E-state index in [9.17, 15) is 19.7 Å². The summed E-state index contributed by atoms with van der Waals surface area (Å²) in [6, 6.07) is 4.44. The number of ketones is 1. The Labute approximate surface area is 173 Å². The fourth-order valence-electron chi connectivity index (χ4n) is 3.16. The number of benzene rings is 2. The van der Waals surface area contributed by atoms with E-state index in [2.05, 4.69) is 0 Å². The lowest BCUT2D eigenvalue weighted by molar-refractivity contribution is -0.385. The third kappa shape index (κ3) is 4.17. The first-order valence-electron chi connectivity index (χ1n) is 9.22. The molecular formula is C22H21NO7. The lowest BCUT2D eigenvalue weighted by Gasteiger charge is -2.13. The number of aryl methyl sites for hydroxylation is 1. The van der Waals surface area contributed by atoms with Crippen LogP contribution in [0.15, 0.2) is 24.3 Å². The number of carbonyl (C=O) groups excluding carboxylic acids is 2. The van der Waals surface area contributed by atoms with Crippen molar-refractivity contribution in [2.24, 2.45) is 0 Å². The monoisotopic (exact) mass is 411 g/mol. The molecule has 0 aromatic heterocycles. The van der Waals surface area contributed by atoms with Gasteiger partial charge < -0.3 is 14.2 Å². The maximum Gasteiger partial charge on any atom is 0.331 e. The molecule has 0 aliphatic carbocycles. The Bertz CT molecular complexity index is 1090. The maximum atomic E-state index is 12.5. The largest absolute Gasteiger partial charge is 0.454 e. The third-order valence-electron chi connectivity index (χ3n) is 5.24. The Morgan fingerprint density at radius 2 is 1.73 bits per heavy atom. The number of nitro benzene ring substituents is 1. The second-order valence-corrected chi connectivity index (χ2v) is 7.00. The number of rotatable bonds is 6. The number of hydrogen-bond donors (Lipinski definition) is 0. The quantitative estimate of drug-likeness (QED) is 0.233. The molecule has 3 rings (SSSR count). The van der Waals surface area contributed by atoms with Crippen molar-refractivity contribution in [2.75, 3.05) is 13.4 Å². The lowest BCUT2D eigenvalue weighted by Crippen LogP contribution is -2.15. The molecule has 8 nitrogen and oxygen atoms in total. The SMILES string of the molecule is Cc1cc(C(=O)COC(=O)/C=C/c2cc3c(cc2[N+](=O)[O-])OCO3)c(C)c(C)c1C.